The number of thiazole rings is 1. The van der Waals surface area contributed by atoms with E-state index in [1.807, 2.05) is 36.4 Å². The fourth-order valence-electron chi connectivity index (χ4n) is 3.94. The predicted octanol–water partition coefficient (Wildman–Crippen LogP) is 3.37. The monoisotopic (exact) mass is 490 g/mol. The summed E-state index contributed by atoms with van der Waals surface area (Å²) in [5.41, 5.74) is 2.25. The maximum atomic E-state index is 13.6. The number of hydrogen-bond donors (Lipinski definition) is 0. The summed E-state index contributed by atoms with van der Waals surface area (Å²) >= 11 is 1.27. The minimum Gasteiger partial charge on any atom is -0.493 e. The molecule has 0 amide bonds. The van der Waals surface area contributed by atoms with Crippen molar-refractivity contribution in [3.63, 3.8) is 0 Å². The van der Waals surface area contributed by atoms with Crippen molar-refractivity contribution < 1.29 is 19.0 Å². The van der Waals surface area contributed by atoms with E-state index in [4.69, 9.17) is 14.2 Å². The molecular formula is C27H26N2O5S. The highest BCUT2D eigenvalue weighted by Gasteiger charge is 2.33. The standard InChI is InChI=1S/C27H26N2O5S/c1-5-14-34-20-13-12-18(15-21(20)32-4)16-22-25(30)29-24(19-10-8-7-9-11-19)23(26(31)33-6-2)17(3)28-27(29)35-22/h5,7-13,15-16,24H,1,6,14H2,2-4H3/b22-16-/t24-/m0/s1. The lowest BCUT2D eigenvalue weighted by Gasteiger charge is -2.24. The van der Waals surface area contributed by atoms with Gasteiger partial charge in [-0.1, -0.05) is 60.4 Å². The third-order valence-electron chi connectivity index (χ3n) is 5.47. The first kappa shape index (κ1) is 24.2. The molecule has 180 valence electrons. The zero-order chi connectivity index (χ0) is 24.9. The number of nitrogens with zero attached hydrogens (tertiary/aromatic N) is 2. The number of allylic oxidation sites excluding steroid dienone is 1. The van der Waals surface area contributed by atoms with E-state index in [0.717, 1.165) is 11.1 Å². The molecule has 0 spiro atoms. The normalized spacial score (nSPS) is 15.3. The van der Waals surface area contributed by atoms with Crippen molar-refractivity contribution in [3.8, 4) is 11.5 Å². The second kappa shape index (κ2) is 10.6. The predicted molar refractivity (Wildman–Crippen MR) is 136 cm³/mol. The third kappa shape index (κ3) is 4.83. The van der Waals surface area contributed by atoms with Crippen LogP contribution in [0.5, 0.6) is 11.5 Å². The van der Waals surface area contributed by atoms with Crippen LogP contribution in [0.15, 0.2) is 82.2 Å². The van der Waals surface area contributed by atoms with E-state index in [1.165, 1.54) is 11.3 Å². The van der Waals surface area contributed by atoms with Crippen LogP contribution < -0.4 is 24.4 Å². The molecule has 0 N–H and O–H groups in total. The maximum absolute atomic E-state index is 13.6. The molecule has 1 aliphatic rings. The van der Waals surface area contributed by atoms with E-state index in [-0.39, 0.29) is 12.2 Å². The number of fused-ring (bicyclic) bond motifs is 1. The van der Waals surface area contributed by atoms with Crippen LogP contribution in [0.1, 0.15) is 31.0 Å². The van der Waals surface area contributed by atoms with Gasteiger partial charge in [0.25, 0.3) is 5.56 Å². The Morgan fingerprint density at radius 3 is 2.66 bits per heavy atom. The first-order chi connectivity index (χ1) is 17.0. The number of aromatic nitrogens is 1. The molecule has 1 aliphatic heterocycles. The molecule has 0 saturated carbocycles. The average Bonchev–Trinajstić information content (AvgIpc) is 3.17. The lowest BCUT2D eigenvalue weighted by Crippen LogP contribution is -2.39. The average molecular weight is 491 g/mol. The van der Waals surface area contributed by atoms with Crippen LogP contribution in [-0.2, 0) is 9.53 Å². The second-order valence-electron chi connectivity index (χ2n) is 7.72. The Morgan fingerprint density at radius 1 is 1.20 bits per heavy atom. The lowest BCUT2D eigenvalue weighted by molar-refractivity contribution is -0.139. The van der Waals surface area contributed by atoms with Crippen molar-refractivity contribution in [3.05, 3.63) is 103 Å². The van der Waals surface area contributed by atoms with Crippen LogP contribution in [0, 0.1) is 0 Å². The number of carbonyl (C=O) groups excluding carboxylic acids is 1. The molecule has 0 fully saturated rings. The van der Waals surface area contributed by atoms with Gasteiger partial charge < -0.3 is 14.2 Å². The lowest BCUT2D eigenvalue weighted by atomic mass is 9.96. The number of methoxy groups -OCH3 is 1. The molecule has 1 atom stereocenters. The Balaban J connectivity index is 1.86. The first-order valence-corrected chi connectivity index (χ1v) is 12.0. The SMILES string of the molecule is C=CCOc1ccc(/C=c2\sc3n(c2=O)[C@@H](c2ccccc2)C(C(=O)OCC)=C(C)N=3)cc1OC. The number of esters is 1. The molecule has 0 radical (unpaired) electrons. The minimum absolute atomic E-state index is 0.232. The molecule has 35 heavy (non-hydrogen) atoms. The van der Waals surface area contributed by atoms with E-state index in [0.29, 0.717) is 38.7 Å². The molecule has 8 heteroatoms. The molecule has 2 heterocycles. The number of carbonyl (C=O) groups is 1. The van der Waals surface area contributed by atoms with Crippen LogP contribution in [0.4, 0.5) is 0 Å². The Labute approximate surface area is 206 Å². The van der Waals surface area contributed by atoms with Crippen molar-refractivity contribution >= 4 is 23.4 Å². The Morgan fingerprint density at radius 2 is 1.97 bits per heavy atom. The molecule has 3 aromatic rings. The van der Waals surface area contributed by atoms with Gasteiger partial charge in [0.15, 0.2) is 16.3 Å². The highest BCUT2D eigenvalue weighted by molar-refractivity contribution is 7.07. The maximum Gasteiger partial charge on any atom is 0.338 e. The molecule has 7 nitrogen and oxygen atoms in total. The molecule has 1 aromatic heterocycles. The number of hydrogen-bond acceptors (Lipinski definition) is 7. The van der Waals surface area contributed by atoms with Crippen molar-refractivity contribution in [2.24, 2.45) is 4.99 Å². The first-order valence-electron chi connectivity index (χ1n) is 11.1. The van der Waals surface area contributed by atoms with Gasteiger partial charge >= 0.3 is 5.97 Å². The van der Waals surface area contributed by atoms with E-state index in [9.17, 15) is 9.59 Å². The van der Waals surface area contributed by atoms with Crippen LogP contribution in [0.3, 0.4) is 0 Å². The Kier molecular flexibility index (Phi) is 7.31. The summed E-state index contributed by atoms with van der Waals surface area (Å²) < 4.78 is 18.4. The summed E-state index contributed by atoms with van der Waals surface area (Å²) in [5, 5.41) is 0. The van der Waals surface area contributed by atoms with Gasteiger partial charge in [-0.25, -0.2) is 9.79 Å². The fourth-order valence-corrected chi connectivity index (χ4v) is 4.98. The summed E-state index contributed by atoms with van der Waals surface area (Å²) in [6.45, 7) is 7.77. The zero-order valence-electron chi connectivity index (χ0n) is 19.8. The molecule has 0 bridgehead atoms. The van der Waals surface area contributed by atoms with Crippen molar-refractivity contribution in [1.82, 2.24) is 4.57 Å². The third-order valence-corrected chi connectivity index (χ3v) is 6.46. The topological polar surface area (TPSA) is 79.1 Å². The van der Waals surface area contributed by atoms with Crippen molar-refractivity contribution in [1.29, 1.82) is 0 Å². The summed E-state index contributed by atoms with van der Waals surface area (Å²) in [6, 6.07) is 14.3. The van der Waals surface area contributed by atoms with Crippen molar-refractivity contribution in [2.75, 3.05) is 20.3 Å². The van der Waals surface area contributed by atoms with Gasteiger partial charge in [-0.15, -0.1) is 0 Å². The molecule has 0 unspecified atom stereocenters. The van der Waals surface area contributed by atoms with Crippen LogP contribution in [-0.4, -0.2) is 30.9 Å². The molecule has 0 aliphatic carbocycles. The minimum atomic E-state index is -0.627. The highest BCUT2D eigenvalue weighted by atomic mass is 32.1. The fraction of sp³-hybridized carbons (Fsp3) is 0.222. The van der Waals surface area contributed by atoms with Crippen molar-refractivity contribution in [2.45, 2.75) is 19.9 Å². The Hall–Kier alpha value is -3.91. The van der Waals surface area contributed by atoms with E-state index in [2.05, 4.69) is 11.6 Å². The largest absolute Gasteiger partial charge is 0.493 e. The number of rotatable bonds is 8. The summed E-state index contributed by atoms with van der Waals surface area (Å²) in [4.78, 5) is 31.7. The van der Waals surface area contributed by atoms with E-state index >= 15 is 0 Å². The second-order valence-corrected chi connectivity index (χ2v) is 8.73. The zero-order valence-corrected chi connectivity index (χ0v) is 20.6. The molecule has 0 saturated heterocycles. The summed E-state index contributed by atoms with van der Waals surface area (Å²) in [7, 11) is 1.56. The van der Waals surface area contributed by atoms with Gasteiger partial charge in [0.1, 0.15) is 6.61 Å². The van der Waals surface area contributed by atoms with Crippen LogP contribution in [0.25, 0.3) is 6.08 Å². The highest BCUT2D eigenvalue weighted by Crippen LogP contribution is 2.31. The summed E-state index contributed by atoms with van der Waals surface area (Å²) in [6.07, 6.45) is 3.44. The van der Waals surface area contributed by atoms with E-state index < -0.39 is 12.0 Å². The molecule has 4 rings (SSSR count). The number of benzene rings is 2. The van der Waals surface area contributed by atoms with Gasteiger partial charge in [0, 0.05) is 0 Å². The molecule has 2 aromatic carbocycles. The van der Waals surface area contributed by atoms with Gasteiger partial charge in [-0.2, -0.15) is 0 Å². The van der Waals surface area contributed by atoms with Gasteiger partial charge in [-0.05, 0) is 43.2 Å². The molecular weight excluding hydrogens is 464 g/mol. The number of ether oxygens (including phenoxy) is 3. The van der Waals surface area contributed by atoms with Gasteiger partial charge in [0.2, 0.25) is 0 Å². The van der Waals surface area contributed by atoms with E-state index in [1.54, 1.807) is 49.8 Å². The quantitative estimate of drug-likeness (QED) is 0.357. The van der Waals surface area contributed by atoms with Crippen LogP contribution in [0.2, 0.25) is 0 Å². The van der Waals surface area contributed by atoms with Gasteiger partial charge in [-0.3, -0.25) is 9.36 Å². The summed E-state index contributed by atoms with van der Waals surface area (Å²) in [5.74, 6) is 0.664. The smallest absolute Gasteiger partial charge is 0.338 e. The van der Waals surface area contributed by atoms with Crippen LogP contribution >= 0.6 is 11.3 Å². The van der Waals surface area contributed by atoms with Gasteiger partial charge in [0.05, 0.1) is 35.6 Å². The Bertz CT molecular complexity index is 1470.